The van der Waals surface area contributed by atoms with Crippen LogP contribution in [-0.2, 0) is 0 Å². The van der Waals surface area contributed by atoms with E-state index < -0.39 is 0 Å². The van der Waals surface area contributed by atoms with Crippen LogP contribution in [0.3, 0.4) is 0 Å². The van der Waals surface area contributed by atoms with E-state index in [0.29, 0.717) is 23.2 Å². The third-order valence-corrected chi connectivity index (χ3v) is 5.63. The third kappa shape index (κ3) is 4.89. The highest BCUT2D eigenvalue weighted by molar-refractivity contribution is 5.09. The maximum absolute atomic E-state index is 3.63. The van der Waals surface area contributed by atoms with E-state index in [4.69, 9.17) is 0 Å². The second-order valence-electron chi connectivity index (χ2n) is 8.19. The number of allylic oxidation sites excluding steroid dienone is 3. The summed E-state index contributed by atoms with van der Waals surface area (Å²) in [6.45, 7) is 11.9. The molecule has 1 saturated carbocycles. The van der Waals surface area contributed by atoms with Crippen molar-refractivity contribution in [2.24, 2.45) is 29.1 Å². The molecule has 0 nitrogen and oxygen atoms in total. The van der Waals surface area contributed by atoms with Crippen molar-refractivity contribution in [2.45, 2.75) is 73.1 Å². The van der Waals surface area contributed by atoms with E-state index >= 15 is 0 Å². The monoisotopic (exact) mass is 286 g/mol. The molecule has 2 aliphatic carbocycles. The normalized spacial score (nSPS) is 32.1. The molecule has 0 heterocycles. The van der Waals surface area contributed by atoms with E-state index in [1.165, 1.54) is 44.1 Å². The molecule has 21 heavy (non-hydrogen) atoms. The maximum Gasteiger partial charge on any atom is -0.0132 e. The molecule has 2 rings (SSSR count). The van der Waals surface area contributed by atoms with Crippen molar-refractivity contribution in [3.8, 4) is 0 Å². The van der Waals surface area contributed by atoms with E-state index in [-0.39, 0.29) is 0 Å². The van der Waals surface area contributed by atoms with Crippen LogP contribution in [-0.4, -0.2) is 0 Å². The molecule has 0 bridgehead atoms. The van der Waals surface area contributed by atoms with Gasteiger partial charge in [-0.1, -0.05) is 46.8 Å². The van der Waals surface area contributed by atoms with Gasteiger partial charge in [0.25, 0.3) is 0 Å². The van der Waals surface area contributed by atoms with Crippen molar-refractivity contribution in [2.75, 3.05) is 0 Å². The van der Waals surface area contributed by atoms with Gasteiger partial charge in [-0.15, -0.1) is 5.73 Å². The predicted octanol–water partition coefficient (Wildman–Crippen LogP) is 6.54. The van der Waals surface area contributed by atoms with Crippen LogP contribution in [0.5, 0.6) is 0 Å². The second-order valence-corrected chi connectivity index (χ2v) is 8.19. The van der Waals surface area contributed by atoms with E-state index in [9.17, 15) is 0 Å². The fourth-order valence-electron chi connectivity index (χ4n) is 3.60. The van der Waals surface area contributed by atoms with Gasteiger partial charge in [0.1, 0.15) is 0 Å². The highest BCUT2D eigenvalue weighted by Crippen LogP contribution is 2.42. The van der Waals surface area contributed by atoms with Gasteiger partial charge in [-0.05, 0) is 79.3 Å². The molecule has 0 heteroatoms. The van der Waals surface area contributed by atoms with Crippen LogP contribution in [0.1, 0.15) is 73.1 Å². The van der Waals surface area contributed by atoms with Crippen molar-refractivity contribution in [3.63, 3.8) is 0 Å². The van der Waals surface area contributed by atoms with Crippen LogP contribution in [0, 0.1) is 29.1 Å². The Balaban J connectivity index is 2.04. The molecule has 0 spiro atoms. The summed E-state index contributed by atoms with van der Waals surface area (Å²) in [5.74, 6) is 2.90. The fraction of sp³-hybridized carbons (Fsp3) is 0.762. The van der Waals surface area contributed by atoms with E-state index in [2.05, 4.69) is 58.6 Å². The topological polar surface area (TPSA) is 0 Å². The largest absolute Gasteiger partial charge is 0.126 e. The molecule has 0 aromatic heterocycles. The Morgan fingerprint density at radius 1 is 1.33 bits per heavy atom. The maximum atomic E-state index is 3.63. The van der Waals surface area contributed by atoms with Gasteiger partial charge in [0.2, 0.25) is 0 Å². The Labute approximate surface area is 132 Å². The summed E-state index contributed by atoms with van der Waals surface area (Å²) in [5, 5.41) is 0. The van der Waals surface area contributed by atoms with Crippen molar-refractivity contribution < 1.29 is 0 Å². The molecule has 0 amide bonds. The van der Waals surface area contributed by atoms with Crippen molar-refractivity contribution in [1.82, 2.24) is 0 Å². The standard InChI is InChI=1S/C21H34/c1-16(2)20-7-6-14-21(5,18(4)9-13-20)15-17(3)8-10-19-11-12-19/h8-10,16-19H,6-7,11-12,14-15H2,1-5H3. The molecule has 3 unspecified atom stereocenters. The Bertz CT molecular complexity index is 429. The van der Waals surface area contributed by atoms with Crippen molar-refractivity contribution in [1.29, 1.82) is 0 Å². The van der Waals surface area contributed by atoms with Crippen molar-refractivity contribution >= 4 is 0 Å². The smallest absolute Gasteiger partial charge is 0.0132 e. The van der Waals surface area contributed by atoms with Gasteiger partial charge in [-0.25, -0.2) is 0 Å². The summed E-state index contributed by atoms with van der Waals surface area (Å²) < 4.78 is 0. The van der Waals surface area contributed by atoms with Crippen LogP contribution in [0.2, 0.25) is 0 Å². The molecule has 1 fully saturated rings. The summed E-state index contributed by atoms with van der Waals surface area (Å²) in [6, 6.07) is 0. The molecule has 0 N–H and O–H groups in total. The summed E-state index contributed by atoms with van der Waals surface area (Å²) in [5.41, 5.74) is 5.59. The Morgan fingerprint density at radius 3 is 2.67 bits per heavy atom. The summed E-state index contributed by atoms with van der Waals surface area (Å²) in [6.07, 6.45) is 15.4. The molecule has 0 aliphatic heterocycles. The highest BCUT2D eigenvalue weighted by atomic mass is 14.4. The fourth-order valence-corrected chi connectivity index (χ4v) is 3.60. The predicted molar refractivity (Wildman–Crippen MR) is 93.2 cm³/mol. The summed E-state index contributed by atoms with van der Waals surface area (Å²) in [4.78, 5) is 0. The summed E-state index contributed by atoms with van der Waals surface area (Å²) in [7, 11) is 0. The van der Waals surface area contributed by atoms with Gasteiger partial charge in [-0.3, -0.25) is 0 Å². The zero-order valence-electron chi connectivity index (χ0n) is 14.8. The molecule has 0 saturated heterocycles. The molecular formula is C21H34. The lowest BCUT2D eigenvalue weighted by atomic mass is 9.68. The average Bonchev–Trinajstić information content (AvgIpc) is 3.22. The highest BCUT2D eigenvalue weighted by Gasteiger charge is 2.31. The van der Waals surface area contributed by atoms with Gasteiger partial charge >= 0.3 is 0 Å². The minimum Gasteiger partial charge on any atom is -0.126 e. The quantitative estimate of drug-likeness (QED) is 0.397. The molecule has 2 aliphatic rings. The third-order valence-electron chi connectivity index (χ3n) is 5.63. The van der Waals surface area contributed by atoms with E-state index in [1.807, 2.05) is 0 Å². The lowest BCUT2D eigenvalue weighted by Gasteiger charge is -2.37. The molecule has 118 valence electrons. The number of rotatable bonds is 5. The second kappa shape index (κ2) is 7.01. The first-order chi connectivity index (χ1) is 9.90. The van der Waals surface area contributed by atoms with Crippen LogP contribution < -0.4 is 0 Å². The molecule has 0 radical (unpaired) electrons. The van der Waals surface area contributed by atoms with Gasteiger partial charge in [-0.2, -0.15) is 0 Å². The number of hydrogen-bond donors (Lipinski definition) is 0. The van der Waals surface area contributed by atoms with Gasteiger partial charge in [0.05, 0.1) is 0 Å². The van der Waals surface area contributed by atoms with Crippen LogP contribution in [0.25, 0.3) is 0 Å². The lowest BCUT2D eigenvalue weighted by molar-refractivity contribution is 0.176. The summed E-state index contributed by atoms with van der Waals surface area (Å²) >= 11 is 0. The molecular weight excluding hydrogens is 252 g/mol. The first kappa shape index (κ1) is 16.6. The van der Waals surface area contributed by atoms with E-state index in [0.717, 1.165) is 5.92 Å². The Hall–Kier alpha value is -0.740. The lowest BCUT2D eigenvalue weighted by Crippen LogP contribution is -2.27. The van der Waals surface area contributed by atoms with Crippen molar-refractivity contribution in [3.05, 3.63) is 29.5 Å². The van der Waals surface area contributed by atoms with E-state index in [1.54, 1.807) is 0 Å². The minimum atomic E-state index is 0.433. The zero-order chi connectivity index (χ0) is 15.5. The SMILES string of the molecule is CC(C=CC1CC1)CC1(C)CCCC(C(C)C)=C=CC1C. The zero-order valence-corrected chi connectivity index (χ0v) is 14.8. The number of hydrogen-bond acceptors (Lipinski definition) is 0. The van der Waals surface area contributed by atoms with Crippen LogP contribution in [0.4, 0.5) is 0 Å². The Kier molecular flexibility index (Phi) is 5.55. The van der Waals surface area contributed by atoms with Gasteiger partial charge in [0, 0.05) is 0 Å². The van der Waals surface area contributed by atoms with Gasteiger partial charge < -0.3 is 0 Å². The minimum absolute atomic E-state index is 0.433. The average molecular weight is 287 g/mol. The van der Waals surface area contributed by atoms with Crippen LogP contribution >= 0.6 is 0 Å². The Morgan fingerprint density at radius 2 is 2.05 bits per heavy atom. The first-order valence-corrected chi connectivity index (χ1v) is 9.04. The van der Waals surface area contributed by atoms with Crippen LogP contribution in [0.15, 0.2) is 29.5 Å². The van der Waals surface area contributed by atoms with Gasteiger partial charge in [0.15, 0.2) is 0 Å². The molecule has 3 atom stereocenters. The molecule has 0 aromatic rings. The molecule has 0 aromatic carbocycles. The first-order valence-electron chi connectivity index (χ1n) is 9.04.